The average Bonchev–Trinajstić information content (AvgIpc) is 2.69. The molecule has 1 aliphatic heterocycles. The molecule has 0 fully saturated rings. The SMILES string of the molecule is COc1cccc2c1CN(C(=O)C(C)(C)C)C2. The Morgan fingerprint density at radius 1 is 1.29 bits per heavy atom. The number of amides is 1. The van der Waals surface area contributed by atoms with Crippen molar-refractivity contribution in [1.82, 2.24) is 4.90 Å². The van der Waals surface area contributed by atoms with Gasteiger partial charge in [0.2, 0.25) is 5.91 Å². The fraction of sp³-hybridized carbons (Fsp3) is 0.500. The van der Waals surface area contributed by atoms with E-state index >= 15 is 0 Å². The summed E-state index contributed by atoms with van der Waals surface area (Å²) < 4.78 is 5.33. The predicted octanol–water partition coefficient (Wildman–Crippen LogP) is 2.58. The number of hydrogen-bond acceptors (Lipinski definition) is 2. The van der Waals surface area contributed by atoms with Crippen LogP contribution in [0.4, 0.5) is 0 Å². The summed E-state index contributed by atoms with van der Waals surface area (Å²) in [6.07, 6.45) is 0. The highest BCUT2D eigenvalue weighted by Crippen LogP contribution is 2.33. The number of carbonyl (C=O) groups is 1. The second-order valence-electron chi connectivity index (χ2n) is 5.51. The largest absolute Gasteiger partial charge is 0.496 e. The monoisotopic (exact) mass is 233 g/mol. The van der Waals surface area contributed by atoms with Crippen molar-refractivity contribution in [3.05, 3.63) is 29.3 Å². The lowest BCUT2D eigenvalue weighted by Crippen LogP contribution is -2.35. The molecular formula is C14H19NO2. The van der Waals surface area contributed by atoms with Crippen LogP contribution < -0.4 is 4.74 Å². The summed E-state index contributed by atoms with van der Waals surface area (Å²) in [6, 6.07) is 5.99. The van der Waals surface area contributed by atoms with E-state index in [1.54, 1.807) is 7.11 Å². The third-order valence-electron chi connectivity index (χ3n) is 3.09. The number of benzene rings is 1. The van der Waals surface area contributed by atoms with Gasteiger partial charge in [-0.1, -0.05) is 32.9 Å². The molecule has 0 saturated carbocycles. The summed E-state index contributed by atoms with van der Waals surface area (Å²) in [4.78, 5) is 14.1. The quantitative estimate of drug-likeness (QED) is 0.746. The molecule has 0 bridgehead atoms. The maximum atomic E-state index is 12.2. The van der Waals surface area contributed by atoms with E-state index in [2.05, 4.69) is 6.07 Å². The van der Waals surface area contributed by atoms with Crippen LogP contribution in [0.1, 0.15) is 31.9 Å². The van der Waals surface area contributed by atoms with E-state index in [-0.39, 0.29) is 11.3 Å². The van der Waals surface area contributed by atoms with Crippen LogP contribution in [-0.2, 0) is 17.9 Å². The van der Waals surface area contributed by atoms with Crippen molar-refractivity contribution in [3.8, 4) is 5.75 Å². The minimum absolute atomic E-state index is 0.191. The molecule has 0 saturated heterocycles. The molecule has 0 spiro atoms. The van der Waals surface area contributed by atoms with Crippen molar-refractivity contribution < 1.29 is 9.53 Å². The van der Waals surface area contributed by atoms with E-state index in [4.69, 9.17) is 4.74 Å². The van der Waals surface area contributed by atoms with E-state index in [0.717, 1.165) is 11.3 Å². The van der Waals surface area contributed by atoms with Crippen LogP contribution in [0.2, 0.25) is 0 Å². The van der Waals surface area contributed by atoms with Crippen LogP contribution in [-0.4, -0.2) is 17.9 Å². The third kappa shape index (κ3) is 2.14. The Hall–Kier alpha value is -1.51. The van der Waals surface area contributed by atoms with E-state index in [1.807, 2.05) is 37.8 Å². The van der Waals surface area contributed by atoms with Crippen LogP contribution >= 0.6 is 0 Å². The third-order valence-corrected chi connectivity index (χ3v) is 3.09. The Balaban J connectivity index is 2.25. The van der Waals surface area contributed by atoms with Gasteiger partial charge in [0.05, 0.1) is 13.7 Å². The first kappa shape index (κ1) is 12.0. The molecule has 0 unspecified atom stereocenters. The minimum Gasteiger partial charge on any atom is -0.496 e. The molecule has 0 atom stereocenters. The summed E-state index contributed by atoms with van der Waals surface area (Å²) in [5.74, 6) is 1.07. The lowest BCUT2D eigenvalue weighted by molar-refractivity contribution is -0.140. The van der Waals surface area contributed by atoms with Gasteiger partial charge < -0.3 is 9.64 Å². The van der Waals surface area contributed by atoms with Gasteiger partial charge in [-0.25, -0.2) is 0 Å². The van der Waals surface area contributed by atoms with Crippen molar-refractivity contribution >= 4 is 5.91 Å². The van der Waals surface area contributed by atoms with Crippen molar-refractivity contribution in [3.63, 3.8) is 0 Å². The molecule has 17 heavy (non-hydrogen) atoms. The van der Waals surface area contributed by atoms with E-state index in [9.17, 15) is 4.79 Å². The van der Waals surface area contributed by atoms with E-state index in [0.29, 0.717) is 13.1 Å². The molecule has 0 aromatic heterocycles. The molecule has 2 rings (SSSR count). The number of rotatable bonds is 1. The lowest BCUT2D eigenvalue weighted by Gasteiger charge is -2.25. The Morgan fingerprint density at radius 3 is 2.59 bits per heavy atom. The first-order chi connectivity index (χ1) is 7.93. The number of hydrogen-bond donors (Lipinski definition) is 0. The minimum atomic E-state index is -0.324. The van der Waals surface area contributed by atoms with Crippen molar-refractivity contribution in [2.75, 3.05) is 7.11 Å². The average molecular weight is 233 g/mol. The Bertz CT molecular complexity index is 446. The number of fused-ring (bicyclic) bond motifs is 1. The molecule has 92 valence electrons. The second kappa shape index (κ2) is 4.06. The van der Waals surface area contributed by atoms with Crippen LogP contribution in [0.3, 0.4) is 0 Å². The van der Waals surface area contributed by atoms with Crippen LogP contribution in [0.5, 0.6) is 5.75 Å². The Morgan fingerprint density at radius 2 is 2.00 bits per heavy atom. The van der Waals surface area contributed by atoms with Crippen molar-refractivity contribution in [1.29, 1.82) is 0 Å². The van der Waals surface area contributed by atoms with Gasteiger partial charge in [-0.15, -0.1) is 0 Å². The summed E-state index contributed by atoms with van der Waals surface area (Å²) in [5.41, 5.74) is 2.02. The molecule has 0 N–H and O–H groups in total. The Labute approximate surface area is 102 Å². The number of carbonyl (C=O) groups excluding carboxylic acids is 1. The predicted molar refractivity (Wildman–Crippen MR) is 66.7 cm³/mol. The fourth-order valence-corrected chi connectivity index (χ4v) is 2.20. The highest BCUT2D eigenvalue weighted by atomic mass is 16.5. The normalized spacial score (nSPS) is 14.7. The second-order valence-corrected chi connectivity index (χ2v) is 5.51. The molecule has 1 heterocycles. The molecule has 0 aliphatic carbocycles. The maximum Gasteiger partial charge on any atom is 0.228 e. The highest BCUT2D eigenvalue weighted by Gasteiger charge is 2.32. The Kier molecular flexibility index (Phi) is 2.86. The van der Waals surface area contributed by atoms with E-state index < -0.39 is 0 Å². The zero-order chi connectivity index (χ0) is 12.6. The first-order valence-electron chi connectivity index (χ1n) is 5.87. The zero-order valence-electron chi connectivity index (χ0n) is 10.9. The molecule has 1 aromatic carbocycles. The maximum absolute atomic E-state index is 12.2. The van der Waals surface area contributed by atoms with Gasteiger partial charge in [0, 0.05) is 17.5 Å². The van der Waals surface area contributed by atoms with E-state index in [1.165, 1.54) is 5.56 Å². The topological polar surface area (TPSA) is 29.5 Å². The summed E-state index contributed by atoms with van der Waals surface area (Å²) in [7, 11) is 1.67. The number of methoxy groups -OCH3 is 1. The van der Waals surface area contributed by atoms with Crippen molar-refractivity contribution in [2.24, 2.45) is 5.41 Å². The first-order valence-corrected chi connectivity index (χ1v) is 5.87. The van der Waals surface area contributed by atoms with Gasteiger partial charge in [-0.3, -0.25) is 4.79 Å². The van der Waals surface area contributed by atoms with Gasteiger partial charge in [0.1, 0.15) is 5.75 Å². The summed E-state index contributed by atoms with van der Waals surface area (Å²) in [6.45, 7) is 7.22. The molecule has 1 aromatic rings. The molecule has 0 radical (unpaired) electrons. The highest BCUT2D eigenvalue weighted by molar-refractivity contribution is 5.82. The lowest BCUT2D eigenvalue weighted by atomic mass is 9.95. The fourth-order valence-electron chi connectivity index (χ4n) is 2.20. The smallest absolute Gasteiger partial charge is 0.228 e. The van der Waals surface area contributed by atoms with Crippen LogP contribution in [0.25, 0.3) is 0 Å². The number of ether oxygens (including phenoxy) is 1. The van der Waals surface area contributed by atoms with Gasteiger partial charge in [0.15, 0.2) is 0 Å². The van der Waals surface area contributed by atoms with Gasteiger partial charge in [-0.2, -0.15) is 0 Å². The molecule has 3 nitrogen and oxygen atoms in total. The van der Waals surface area contributed by atoms with Gasteiger partial charge in [0.25, 0.3) is 0 Å². The number of nitrogens with zero attached hydrogens (tertiary/aromatic N) is 1. The molecule has 1 aliphatic rings. The van der Waals surface area contributed by atoms with Gasteiger partial charge in [-0.05, 0) is 11.6 Å². The molecular weight excluding hydrogens is 214 g/mol. The summed E-state index contributed by atoms with van der Waals surface area (Å²) >= 11 is 0. The van der Waals surface area contributed by atoms with Crippen LogP contribution in [0.15, 0.2) is 18.2 Å². The van der Waals surface area contributed by atoms with Crippen molar-refractivity contribution in [2.45, 2.75) is 33.9 Å². The molecule has 3 heteroatoms. The van der Waals surface area contributed by atoms with Gasteiger partial charge >= 0.3 is 0 Å². The van der Waals surface area contributed by atoms with Crippen LogP contribution in [0, 0.1) is 5.41 Å². The molecule has 1 amide bonds. The zero-order valence-corrected chi connectivity index (χ0v) is 10.9. The summed E-state index contributed by atoms with van der Waals surface area (Å²) in [5, 5.41) is 0. The standard InChI is InChI=1S/C14H19NO2/c1-14(2,3)13(16)15-8-10-6-5-7-12(17-4)11(10)9-15/h5-7H,8-9H2,1-4H3.